The minimum atomic E-state index is -1.07. The second kappa shape index (κ2) is 5.82. The van der Waals surface area contributed by atoms with Gasteiger partial charge in [-0.05, 0) is 38.2 Å². The summed E-state index contributed by atoms with van der Waals surface area (Å²) >= 11 is 0. The first-order valence-electron chi connectivity index (χ1n) is 6.21. The minimum absolute atomic E-state index is 0.636. The number of para-hydroxylation sites is 1. The molecule has 0 aliphatic heterocycles. The Kier molecular flexibility index (Phi) is 4.14. The van der Waals surface area contributed by atoms with Crippen LogP contribution in [0, 0.1) is 0 Å². The molecule has 1 aromatic carbocycles. The Hall–Kier alpha value is -1.91. The number of rotatable bonds is 5. The molecule has 1 heterocycles. The van der Waals surface area contributed by atoms with Crippen LogP contribution < -0.4 is 10.1 Å². The van der Waals surface area contributed by atoms with Crippen molar-refractivity contribution in [1.29, 1.82) is 0 Å². The Morgan fingerprint density at radius 1 is 1.16 bits per heavy atom. The van der Waals surface area contributed by atoms with Gasteiger partial charge in [0.25, 0.3) is 0 Å². The first-order chi connectivity index (χ1) is 9.19. The lowest BCUT2D eigenvalue weighted by molar-refractivity contribution is -0.0737. The maximum Gasteiger partial charge on any atom is 0.229 e. The van der Waals surface area contributed by atoms with Crippen molar-refractivity contribution in [2.75, 3.05) is 7.05 Å². The fourth-order valence-corrected chi connectivity index (χ4v) is 2.00. The second-order valence-electron chi connectivity index (χ2n) is 4.29. The zero-order valence-corrected chi connectivity index (χ0v) is 11.1. The molecular formula is C15H18N2O2. The highest BCUT2D eigenvalue weighted by atomic mass is 16.5. The minimum Gasteiger partial charge on any atom is -0.464 e. The maximum absolute atomic E-state index is 10.1. The Balaban J connectivity index is 2.41. The van der Waals surface area contributed by atoms with E-state index in [1.54, 1.807) is 20.2 Å². The van der Waals surface area contributed by atoms with E-state index in [-0.39, 0.29) is 0 Å². The number of benzene rings is 1. The lowest BCUT2D eigenvalue weighted by Crippen LogP contribution is -2.54. The third-order valence-electron chi connectivity index (χ3n) is 3.03. The highest BCUT2D eigenvalue weighted by Crippen LogP contribution is 2.27. The molecule has 0 radical (unpaired) electrons. The molecular weight excluding hydrogens is 240 g/mol. The molecule has 2 atom stereocenters. The number of aromatic nitrogens is 1. The SMILES string of the molecule is CNC(Oc1ccccc1)(c1ccccn1)C(C)O. The lowest BCUT2D eigenvalue weighted by Gasteiger charge is -2.36. The average molecular weight is 258 g/mol. The predicted octanol–water partition coefficient (Wildman–Crippen LogP) is 1.91. The van der Waals surface area contributed by atoms with E-state index < -0.39 is 11.8 Å². The summed E-state index contributed by atoms with van der Waals surface area (Å²) in [7, 11) is 1.74. The topological polar surface area (TPSA) is 54.4 Å². The van der Waals surface area contributed by atoms with Gasteiger partial charge in [-0.25, -0.2) is 0 Å². The Bertz CT molecular complexity index is 502. The fourth-order valence-electron chi connectivity index (χ4n) is 2.00. The molecule has 0 spiro atoms. The largest absolute Gasteiger partial charge is 0.464 e. The Labute approximate surface area is 113 Å². The third kappa shape index (κ3) is 2.75. The number of hydrogen-bond acceptors (Lipinski definition) is 4. The van der Waals surface area contributed by atoms with E-state index in [9.17, 15) is 5.11 Å². The lowest BCUT2D eigenvalue weighted by atomic mass is 10.0. The summed E-state index contributed by atoms with van der Waals surface area (Å²) in [5, 5.41) is 13.2. The van der Waals surface area contributed by atoms with Crippen molar-refractivity contribution in [3.05, 3.63) is 60.4 Å². The predicted molar refractivity (Wildman–Crippen MR) is 73.7 cm³/mol. The van der Waals surface area contributed by atoms with Crippen LogP contribution in [0.5, 0.6) is 5.75 Å². The summed E-state index contributed by atoms with van der Waals surface area (Å²) in [5.74, 6) is 0.670. The van der Waals surface area contributed by atoms with Crippen LogP contribution >= 0.6 is 0 Å². The van der Waals surface area contributed by atoms with Gasteiger partial charge in [-0.1, -0.05) is 24.3 Å². The van der Waals surface area contributed by atoms with Crippen LogP contribution in [0.1, 0.15) is 12.6 Å². The summed E-state index contributed by atoms with van der Waals surface area (Å²) in [6.07, 6.45) is 0.908. The molecule has 2 N–H and O–H groups in total. The third-order valence-corrected chi connectivity index (χ3v) is 3.03. The molecule has 19 heavy (non-hydrogen) atoms. The molecule has 0 bridgehead atoms. The molecule has 0 saturated heterocycles. The zero-order valence-electron chi connectivity index (χ0n) is 11.1. The van der Waals surface area contributed by atoms with Crippen molar-refractivity contribution >= 4 is 0 Å². The summed E-state index contributed by atoms with van der Waals surface area (Å²) in [6.45, 7) is 1.67. The highest BCUT2D eigenvalue weighted by Gasteiger charge is 2.39. The number of nitrogens with one attached hydrogen (secondary N) is 1. The van der Waals surface area contributed by atoms with Gasteiger partial charge < -0.3 is 9.84 Å². The smallest absolute Gasteiger partial charge is 0.229 e. The Morgan fingerprint density at radius 2 is 1.84 bits per heavy atom. The zero-order chi connectivity index (χ0) is 13.7. The van der Waals surface area contributed by atoms with Crippen LogP contribution in [0.3, 0.4) is 0 Å². The number of aliphatic hydroxyl groups excluding tert-OH is 1. The van der Waals surface area contributed by atoms with E-state index in [0.717, 1.165) is 0 Å². The van der Waals surface area contributed by atoms with E-state index in [1.807, 2.05) is 48.5 Å². The molecule has 100 valence electrons. The van der Waals surface area contributed by atoms with Crippen molar-refractivity contribution in [2.24, 2.45) is 0 Å². The molecule has 2 aromatic rings. The van der Waals surface area contributed by atoms with Crippen molar-refractivity contribution in [2.45, 2.75) is 18.8 Å². The van der Waals surface area contributed by atoms with Crippen molar-refractivity contribution < 1.29 is 9.84 Å². The summed E-state index contributed by atoms with van der Waals surface area (Å²) < 4.78 is 5.98. The normalized spacial score (nSPS) is 15.5. The van der Waals surface area contributed by atoms with Gasteiger partial charge in [-0.3, -0.25) is 10.3 Å². The number of likely N-dealkylation sites (N-methyl/N-ethyl adjacent to an activating group) is 1. The van der Waals surface area contributed by atoms with Gasteiger partial charge in [-0.15, -0.1) is 0 Å². The first-order valence-corrected chi connectivity index (χ1v) is 6.21. The highest BCUT2D eigenvalue weighted by molar-refractivity contribution is 5.25. The number of hydrogen-bond donors (Lipinski definition) is 2. The molecule has 4 heteroatoms. The van der Waals surface area contributed by atoms with Crippen LogP contribution in [0.25, 0.3) is 0 Å². The summed E-state index contributed by atoms with van der Waals surface area (Å²) in [5.41, 5.74) is -0.431. The molecule has 2 rings (SSSR count). The van der Waals surface area contributed by atoms with Crippen LogP contribution in [0.2, 0.25) is 0 Å². The summed E-state index contributed by atoms with van der Waals surface area (Å²) in [6, 6.07) is 14.9. The van der Waals surface area contributed by atoms with Crippen LogP contribution in [-0.2, 0) is 5.72 Å². The van der Waals surface area contributed by atoms with Gasteiger partial charge in [0.2, 0.25) is 5.72 Å². The molecule has 0 saturated carbocycles. The van der Waals surface area contributed by atoms with E-state index in [1.165, 1.54) is 0 Å². The number of nitrogens with zero attached hydrogens (tertiary/aromatic N) is 1. The molecule has 0 fully saturated rings. The van der Waals surface area contributed by atoms with E-state index in [4.69, 9.17) is 4.74 Å². The number of ether oxygens (including phenoxy) is 1. The van der Waals surface area contributed by atoms with Gasteiger partial charge in [0, 0.05) is 6.20 Å². The molecule has 0 aliphatic rings. The standard InChI is InChI=1S/C15H18N2O2/c1-12(18)15(16-2,14-10-6-7-11-17-14)19-13-8-4-3-5-9-13/h3-12,16,18H,1-2H3. The van der Waals surface area contributed by atoms with Gasteiger partial charge in [0.1, 0.15) is 17.5 Å². The Morgan fingerprint density at radius 3 is 2.37 bits per heavy atom. The van der Waals surface area contributed by atoms with E-state index in [2.05, 4.69) is 10.3 Å². The van der Waals surface area contributed by atoms with Crippen molar-refractivity contribution in [3.63, 3.8) is 0 Å². The maximum atomic E-state index is 10.1. The van der Waals surface area contributed by atoms with Crippen LogP contribution in [0.15, 0.2) is 54.7 Å². The quantitative estimate of drug-likeness (QED) is 0.804. The monoisotopic (exact) mass is 258 g/mol. The van der Waals surface area contributed by atoms with Gasteiger partial charge >= 0.3 is 0 Å². The number of aliphatic hydroxyl groups is 1. The molecule has 0 amide bonds. The second-order valence-corrected chi connectivity index (χ2v) is 4.29. The van der Waals surface area contributed by atoms with Crippen LogP contribution in [0.4, 0.5) is 0 Å². The number of pyridine rings is 1. The molecule has 4 nitrogen and oxygen atoms in total. The molecule has 2 unspecified atom stereocenters. The fraction of sp³-hybridized carbons (Fsp3) is 0.267. The van der Waals surface area contributed by atoms with Crippen LogP contribution in [-0.4, -0.2) is 23.2 Å². The van der Waals surface area contributed by atoms with E-state index >= 15 is 0 Å². The van der Waals surface area contributed by atoms with Gasteiger partial charge in [0.05, 0.1) is 0 Å². The molecule has 0 aliphatic carbocycles. The average Bonchev–Trinajstić information content (AvgIpc) is 2.46. The first kappa shape index (κ1) is 13.5. The van der Waals surface area contributed by atoms with Gasteiger partial charge in [0.15, 0.2) is 0 Å². The molecule has 1 aromatic heterocycles. The van der Waals surface area contributed by atoms with Gasteiger partial charge in [-0.2, -0.15) is 0 Å². The van der Waals surface area contributed by atoms with Crippen molar-refractivity contribution in [3.8, 4) is 5.75 Å². The summed E-state index contributed by atoms with van der Waals surface area (Å²) in [4.78, 5) is 4.29. The van der Waals surface area contributed by atoms with E-state index in [0.29, 0.717) is 11.4 Å². The van der Waals surface area contributed by atoms with Crippen molar-refractivity contribution in [1.82, 2.24) is 10.3 Å².